The Kier molecular flexibility index (Phi) is 6.23. The summed E-state index contributed by atoms with van der Waals surface area (Å²) in [5, 5.41) is 9.35. The van der Waals surface area contributed by atoms with Crippen LogP contribution >= 0.6 is 23.4 Å². The molecular weight excluding hydrogens is 431 g/mol. The number of halogens is 4. The second-order valence-electron chi connectivity index (χ2n) is 6.01. The van der Waals surface area contributed by atoms with Gasteiger partial charge in [-0.15, -0.1) is 0 Å². The highest BCUT2D eigenvalue weighted by atomic mass is 35.5. The molecule has 154 valence electrons. The zero-order valence-corrected chi connectivity index (χ0v) is 16.6. The van der Waals surface area contributed by atoms with Crippen molar-refractivity contribution in [3.8, 4) is 5.75 Å². The zero-order chi connectivity index (χ0) is 21.2. The number of aliphatic carboxylic acids is 1. The van der Waals surface area contributed by atoms with Crippen LogP contribution in [-0.4, -0.2) is 32.7 Å². The van der Waals surface area contributed by atoms with Crippen molar-refractivity contribution in [1.29, 1.82) is 0 Å². The molecule has 2 aromatic heterocycles. The lowest BCUT2D eigenvalue weighted by Gasteiger charge is -2.10. The van der Waals surface area contributed by atoms with Gasteiger partial charge in [0.1, 0.15) is 10.8 Å². The molecule has 29 heavy (non-hydrogen) atoms. The van der Waals surface area contributed by atoms with E-state index in [-0.39, 0.29) is 16.5 Å². The maximum Gasteiger partial charge on any atom is 0.417 e. The van der Waals surface area contributed by atoms with Gasteiger partial charge in [-0.3, -0.25) is 4.79 Å². The summed E-state index contributed by atoms with van der Waals surface area (Å²) in [4.78, 5) is 19.2. The first kappa shape index (κ1) is 21.3. The van der Waals surface area contributed by atoms with E-state index in [0.29, 0.717) is 35.6 Å². The highest BCUT2D eigenvalue weighted by molar-refractivity contribution is 7.99. The molecule has 0 spiro atoms. The third-order valence-corrected chi connectivity index (χ3v) is 5.43. The number of hydrogen-bond donors (Lipinski definition) is 1. The quantitative estimate of drug-likeness (QED) is 0.543. The van der Waals surface area contributed by atoms with E-state index in [9.17, 15) is 18.0 Å². The normalized spacial score (nSPS) is 11.8. The fourth-order valence-electron chi connectivity index (χ4n) is 2.64. The summed E-state index contributed by atoms with van der Waals surface area (Å²) in [5.74, 6) is -0.326. The Morgan fingerprint density at radius 1 is 1.34 bits per heavy atom. The summed E-state index contributed by atoms with van der Waals surface area (Å²) in [6.07, 6.45) is -3.50. The maximum atomic E-state index is 12.8. The molecule has 0 saturated carbocycles. The molecule has 0 amide bonds. The second-order valence-corrected chi connectivity index (χ2v) is 7.37. The number of carboxylic acid groups (broad SMARTS) is 1. The van der Waals surface area contributed by atoms with Crippen LogP contribution in [0.25, 0.3) is 11.0 Å². The predicted octanol–water partition coefficient (Wildman–Crippen LogP) is 5.13. The van der Waals surface area contributed by atoms with Crippen molar-refractivity contribution in [1.82, 2.24) is 14.5 Å². The Bertz CT molecular complexity index is 1060. The van der Waals surface area contributed by atoms with E-state index in [1.165, 1.54) is 7.11 Å². The standard InChI is InChI=1S/C18H15ClF3N3O3S/c1-28-11-4-5-14-13(8-11)24-17(25(14)6-2-3-15(26)27)29-16-12(19)7-10(9-23-16)18(20,21)22/h4-5,7-9H,2-3,6H2,1H3,(H,26,27). The number of carboxylic acids is 1. The number of pyridine rings is 1. The van der Waals surface area contributed by atoms with Crippen molar-refractivity contribution >= 4 is 40.4 Å². The Morgan fingerprint density at radius 3 is 2.72 bits per heavy atom. The molecular formula is C18H15ClF3N3O3S. The van der Waals surface area contributed by atoms with Crippen molar-refractivity contribution in [3.05, 3.63) is 41.0 Å². The summed E-state index contributed by atoms with van der Waals surface area (Å²) >= 11 is 7.02. The summed E-state index contributed by atoms with van der Waals surface area (Å²) in [6, 6.07) is 6.06. The van der Waals surface area contributed by atoms with Gasteiger partial charge in [-0.05, 0) is 36.4 Å². The monoisotopic (exact) mass is 445 g/mol. The van der Waals surface area contributed by atoms with E-state index in [1.807, 2.05) is 0 Å². The van der Waals surface area contributed by atoms with E-state index in [0.717, 1.165) is 23.3 Å². The van der Waals surface area contributed by atoms with Gasteiger partial charge in [0, 0.05) is 25.2 Å². The van der Waals surface area contributed by atoms with Crippen LogP contribution in [0.3, 0.4) is 0 Å². The fraction of sp³-hybridized carbons (Fsp3) is 0.278. The molecule has 0 aliphatic rings. The number of rotatable bonds is 7. The molecule has 0 bridgehead atoms. The van der Waals surface area contributed by atoms with E-state index in [2.05, 4.69) is 9.97 Å². The van der Waals surface area contributed by atoms with Crippen LogP contribution in [0.2, 0.25) is 5.02 Å². The largest absolute Gasteiger partial charge is 0.497 e. The van der Waals surface area contributed by atoms with E-state index >= 15 is 0 Å². The lowest BCUT2D eigenvalue weighted by molar-refractivity contribution is -0.138. The van der Waals surface area contributed by atoms with E-state index in [4.69, 9.17) is 21.4 Å². The molecule has 0 atom stereocenters. The van der Waals surface area contributed by atoms with Gasteiger partial charge < -0.3 is 14.4 Å². The molecule has 1 N–H and O–H groups in total. The average Bonchev–Trinajstić information content (AvgIpc) is 2.98. The number of hydrogen-bond acceptors (Lipinski definition) is 5. The molecule has 0 aliphatic carbocycles. The molecule has 3 rings (SSSR count). The zero-order valence-electron chi connectivity index (χ0n) is 15.0. The Morgan fingerprint density at radius 2 is 2.10 bits per heavy atom. The van der Waals surface area contributed by atoms with Crippen LogP contribution in [-0.2, 0) is 17.5 Å². The van der Waals surface area contributed by atoms with Gasteiger partial charge in [0.15, 0.2) is 5.16 Å². The number of imidazole rings is 1. The lowest BCUT2D eigenvalue weighted by atomic mass is 10.2. The van der Waals surface area contributed by atoms with Gasteiger partial charge in [0.2, 0.25) is 0 Å². The first-order chi connectivity index (χ1) is 13.7. The van der Waals surface area contributed by atoms with Gasteiger partial charge in [0.05, 0.1) is 28.7 Å². The number of aromatic nitrogens is 3. The summed E-state index contributed by atoms with van der Waals surface area (Å²) in [5.41, 5.74) is 0.401. The van der Waals surface area contributed by atoms with Gasteiger partial charge in [-0.2, -0.15) is 13.2 Å². The number of fused-ring (bicyclic) bond motifs is 1. The molecule has 1 aromatic carbocycles. The van der Waals surface area contributed by atoms with Crippen molar-refractivity contribution in [2.24, 2.45) is 0 Å². The van der Waals surface area contributed by atoms with Crippen LogP contribution in [0.5, 0.6) is 5.75 Å². The van der Waals surface area contributed by atoms with Crippen molar-refractivity contribution in [2.75, 3.05) is 7.11 Å². The third kappa shape index (κ3) is 4.94. The minimum Gasteiger partial charge on any atom is -0.497 e. The van der Waals surface area contributed by atoms with E-state index < -0.39 is 17.7 Å². The minimum absolute atomic E-state index is 0.0286. The Hall–Kier alpha value is -2.46. The average molecular weight is 446 g/mol. The van der Waals surface area contributed by atoms with Crippen LogP contribution in [0.15, 0.2) is 40.6 Å². The van der Waals surface area contributed by atoms with E-state index in [1.54, 1.807) is 22.8 Å². The molecule has 0 unspecified atom stereocenters. The topological polar surface area (TPSA) is 77.2 Å². The SMILES string of the molecule is COc1ccc2c(c1)nc(Sc1ncc(C(F)(F)F)cc1Cl)n2CCCC(=O)O. The Labute approximate surface area is 172 Å². The molecule has 0 fully saturated rings. The molecule has 0 aliphatic heterocycles. The molecule has 6 nitrogen and oxygen atoms in total. The van der Waals surface area contributed by atoms with Crippen LogP contribution in [0.4, 0.5) is 13.2 Å². The number of nitrogens with zero attached hydrogens (tertiary/aromatic N) is 3. The first-order valence-corrected chi connectivity index (χ1v) is 9.55. The summed E-state index contributed by atoms with van der Waals surface area (Å²) in [7, 11) is 1.52. The van der Waals surface area contributed by atoms with Crippen molar-refractivity contribution < 1.29 is 27.8 Å². The second kappa shape index (κ2) is 8.50. The molecule has 3 aromatic rings. The maximum absolute atomic E-state index is 12.8. The van der Waals surface area contributed by atoms with Gasteiger partial charge in [-0.1, -0.05) is 11.6 Å². The highest BCUT2D eigenvalue weighted by Gasteiger charge is 2.31. The molecule has 0 saturated heterocycles. The summed E-state index contributed by atoms with van der Waals surface area (Å²) < 4.78 is 45.5. The number of alkyl halides is 3. The molecule has 11 heteroatoms. The number of methoxy groups -OCH3 is 1. The third-order valence-electron chi connectivity index (χ3n) is 4.02. The van der Waals surface area contributed by atoms with Gasteiger partial charge in [-0.25, -0.2) is 9.97 Å². The fourth-order valence-corrected chi connectivity index (χ4v) is 3.80. The van der Waals surface area contributed by atoms with Crippen LogP contribution in [0.1, 0.15) is 18.4 Å². The number of benzene rings is 1. The minimum atomic E-state index is -4.54. The lowest BCUT2D eigenvalue weighted by Crippen LogP contribution is -2.06. The van der Waals surface area contributed by atoms with Crippen LogP contribution < -0.4 is 4.74 Å². The highest BCUT2D eigenvalue weighted by Crippen LogP contribution is 2.37. The number of aryl methyl sites for hydroxylation is 1. The number of carbonyl (C=O) groups is 1. The van der Waals surface area contributed by atoms with Crippen molar-refractivity contribution in [2.45, 2.75) is 35.7 Å². The first-order valence-electron chi connectivity index (χ1n) is 8.35. The molecule has 2 heterocycles. The van der Waals surface area contributed by atoms with Gasteiger partial charge in [0.25, 0.3) is 0 Å². The number of ether oxygens (including phenoxy) is 1. The predicted molar refractivity (Wildman–Crippen MR) is 102 cm³/mol. The summed E-state index contributed by atoms with van der Waals surface area (Å²) in [6.45, 7) is 0.357. The van der Waals surface area contributed by atoms with Gasteiger partial charge >= 0.3 is 12.1 Å². The smallest absolute Gasteiger partial charge is 0.417 e. The molecule has 0 radical (unpaired) electrons. The Balaban J connectivity index is 1.97. The van der Waals surface area contributed by atoms with Crippen LogP contribution in [0, 0.1) is 0 Å². The van der Waals surface area contributed by atoms with Crippen molar-refractivity contribution in [3.63, 3.8) is 0 Å².